The van der Waals surface area contributed by atoms with Crippen molar-refractivity contribution in [2.75, 3.05) is 12.3 Å². The fourth-order valence-electron chi connectivity index (χ4n) is 2.00. The Morgan fingerprint density at radius 1 is 1.47 bits per heavy atom. The van der Waals surface area contributed by atoms with E-state index in [9.17, 15) is 4.79 Å². The number of fused-ring (bicyclic) bond motifs is 1. The van der Waals surface area contributed by atoms with Crippen molar-refractivity contribution in [1.82, 2.24) is 14.9 Å². The number of carbonyl (C=O) groups is 1. The second-order valence-electron chi connectivity index (χ2n) is 5.16. The maximum Gasteiger partial charge on any atom is 0.240 e. The summed E-state index contributed by atoms with van der Waals surface area (Å²) in [6.07, 6.45) is 0. The van der Waals surface area contributed by atoms with E-state index in [1.165, 1.54) is 0 Å². The van der Waals surface area contributed by atoms with Gasteiger partial charge in [-0.1, -0.05) is 19.9 Å². The van der Waals surface area contributed by atoms with Crippen LogP contribution in [0.1, 0.15) is 19.7 Å². The standard InChI is InChI=1S/C14H20N4O/c1-9(2)7-16-13(19)8-18-10(3)17-14-11(15)5-4-6-12(14)18/h4-6,9H,7-8,15H2,1-3H3,(H,16,19). The molecular weight excluding hydrogens is 240 g/mol. The summed E-state index contributed by atoms with van der Waals surface area (Å²) in [6, 6.07) is 5.63. The van der Waals surface area contributed by atoms with Crippen LogP contribution in [0.2, 0.25) is 0 Å². The summed E-state index contributed by atoms with van der Waals surface area (Å²) < 4.78 is 1.89. The van der Waals surface area contributed by atoms with Crippen molar-refractivity contribution >= 4 is 22.6 Å². The molecule has 2 rings (SSSR count). The van der Waals surface area contributed by atoms with Gasteiger partial charge in [-0.15, -0.1) is 0 Å². The number of aryl methyl sites for hydroxylation is 1. The molecule has 0 saturated carbocycles. The first-order chi connectivity index (χ1) is 8.99. The number of para-hydroxylation sites is 1. The summed E-state index contributed by atoms with van der Waals surface area (Å²) in [7, 11) is 0. The van der Waals surface area contributed by atoms with E-state index in [0.29, 0.717) is 18.2 Å². The number of hydrogen-bond acceptors (Lipinski definition) is 3. The molecule has 1 amide bonds. The Bertz CT molecular complexity index is 601. The normalized spacial score (nSPS) is 11.2. The van der Waals surface area contributed by atoms with Gasteiger partial charge >= 0.3 is 0 Å². The van der Waals surface area contributed by atoms with Gasteiger partial charge in [-0.3, -0.25) is 4.79 Å². The molecule has 0 aliphatic heterocycles. The molecule has 0 bridgehead atoms. The quantitative estimate of drug-likeness (QED) is 0.822. The zero-order valence-electron chi connectivity index (χ0n) is 11.6. The third-order valence-corrected chi connectivity index (χ3v) is 3.01. The number of hydrogen-bond donors (Lipinski definition) is 2. The number of nitrogens with two attached hydrogens (primary N) is 1. The number of amides is 1. The van der Waals surface area contributed by atoms with E-state index in [-0.39, 0.29) is 12.5 Å². The molecule has 0 aliphatic carbocycles. The van der Waals surface area contributed by atoms with Crippen LogP contribution >= 0.6 is 0 Å². The largest absolute Gasteiger partial charge is 0.397 e. The van der Waals surface area contributed by atoms with E-state index >= 15 is 0 Å². The molecule has 0 radical (unpaired) electrons. The highest BCUT2D eigenvalue weighted by Gasteiger charge is 2.12. The summed E-state index contributed by atoms with van der Waals surface area (Å²) in [6.45, 7) is 6.98. The summed E-state index contributed by atoms with van der Waals surface area (Å²) in [5.74, 6) is 1.24. The van der Waals surface area contributed by atoms with E-state index in [0.717, 1.165) is 16.9 Å². The number of nitrogens with one attached hydrogen (secondary N) is 1. The second-order valence-corrected chi connectivity index (χ2v) is 5.16. The number of rotatable bonds is 4. The lowest BCUT2D eigenvalue weighted by atomic mass is 10.2. The van der Waals surface area contributed by atoms with Crippen LogP contribution in [0.25, 0.3) is 11.0 Å². The zero-order chi connectivity index (χ0) is 14.0. The van der Waals surface area contributed by atoms with Crippen LogP contribution in [0.15, 0.2) is 18.2 Å². The van der Waals surface area contributed by atoms with E-state index in [4.69, 9.17) is 5.73 Å². The van der Waals surface area contributed by atoms with E-state index in [1.54, 1.807) is 0 Å². The van der Waals surface area contributed by atoms with Crippen LogP contribution in [0, 0.1) is 12.8 Å². The summed E-state index contributed by atoms with van der Waals surface area (Å²) >= 11 is 0. The molecule has 3 N–H and O–H groups in total. The van der Waals surface area contributed by atoms with Crippen molar-refractivity contribution in [3.63, 3.8) is 0 Å². The Morgan fingerprint density at radius 2 is 2.21 bits per heavy atom. The lowest BCUT2D eigenvalue weighted by Gasteiger charge is -2.10. The second kappa shape index (κ2) is 5.30. The molecular formula is C14H20N4O. The third kappa shape index (κ3) is 2.86. The maximum absolute atomic E-state index is 11.9. The minimum atomic E-state index is -0.00137. The van der Waals surface area contributed by atoms with Crippen LogP contribution in [0.5, 0.6) is 0 Å². The molecule has 1 aromatic heterocycles. The minimum Gasteiger partial charge on any atom is -0.397 e. The van der Waals surface area contributed by atoms with Crippen molar-refractivity contribution in [1.29, 1.82) is 0 Å². The van der Waals surface area contributed by atoms with Gasteiger partial charge in [0.15, 0.2) is 0 Å². The average molecular weight is 260 g/mol. The van der Waals surface area contributed by atoms with Gasteiger partial charge in [0.2, 0.25) is 5.91 Å². The molecule has 1 aromatic carbocycles. The van der Waals surface area contributed by atoms with Gasteiger partial charge < -0.3 is 15.6 Å². The van der Waals surface area contributed by atoms with Crippen LogP contribution in [-0.4, -0.2) is 22.0 Å². The van der Waals surface area contributed by atoms with E-state index in [2.05, 4.69) is 24.1 Å². The molecule has 5 heteroatoms. The summed E-state index contributed by atoms with van der Waals surface area (Å²) in [4.78, 5) is 16.3. The Labute approximate surface area is 112 Å². The zero-order valence-corrected chi connectivity index (χ0v) is 11.6. The predicted octanol–water partition coefficient (Wildman–Crippen LogP) is 1.70. The Hall–Kier alpha value is -2.04. The van der Waals surface area contributed by atoms with Crippen molar-refractivity contribution in [2.24, 2.45) is 5.92 Å². The Kier molecular flexibility index (Phi) is 3.74. The monoisotopic (exact) mass is 260 g/mol. The first-order valence-electron chi connectivity index (χ1n) is 6.47. The van der Waals surface area contributed by atoms with E-state index < -0.39 is 0 Å². The Morgan fingerprint density at radius 3 is 2.89 bits per heavy atom. The number of benzene rings is 1. The molecule has 0 fully saturated rings. The van der Waals surface area contributed by atoms with Gasteiger partial charge in [-0.2, -0.15) is 0 Å². The molecule has 0 aliphatic rings. The smallest absolute Gasteiger partial charge is 0.240 e. The minimum absolute atomic E-state index is 0.00137. The van der Waals surface area contributed by atoms with Crippen LogP contribution in [0.3, 0.4) is 0 Å². The Balaban J connectivity index is 2.23. The molecule has 1 heterocycles. The maximum atomic E-state index is 11.9. The number of nitrogens with zero attached hydrogens (tertiary/aromatic N) is 2. The number of imidazole rings is 1. The molecule has 0 saturated heterocycles. The molecule has 0 atom stereocenters. The first-order valence-corrected chi connectivity index (χ1v) is 6.47. The molecule has 5 nitrogen and oxygen atoms in total. The van der Waals surface area contributed by atoms with Crippen LogP contribution < -0.4 is 11.1 Å². The summed E-state index contributed by atoms with van der Waals surface area (Å²) in [5, 5.41) is 2.91. The topological polar surface area (TPSA) is 72.9 Å². The number of aromatic nitrogens is 2. The van der Waals surface area contributed by atoms with Gasteiger partial charge in [0.05, 0.1) is 11.2 Å². The van der Waals surface area contributed by atoms with Crippen LogP contribution in [0.4, 0.5) is 5.69 Å². The lowest BCUT2D eigenvalue weighted by molar-refractivity contribution is -0.121. The van der Waals surface area contributed by atoms with Crippen LogP contribution in [-0.2, 0) is 11.3 Å². The van der Waals surface area contributed by atoms with Gasteiger partial charge in [-0.25, -0.2) is 4.98 Å². The van der Waals surface area contributed by atoms with Gasteiger partial charge in [0.25, 0.3) is 0 Å². The molecule has 102 valence electrons. The number of nitrogen functional groups attached to an aromatic ring is 1. The van der Waals surface area contributed by atoms with Gasteiger partial charge in [0, 0.05) is 6.54 Å². The molecule has 19 heavy (non-hydrogen) atoms. The van der Waals surface area contributed by atoms with E-state index in [1.807, 2.05) is 29.7 Å². The number of anilines is 1. The summed E-state index contributed by atoms with van der Waals surface area (Å²) in [5.41, 5.74) is 8.19. The molecule has 0 unspecified atom stereocenters. The number of carbonyl (C=O) groups excluding carboxylic acids is 1. The highest BCUT2D eigenvalue weighted by Crippen LogP contribution is 2.21. The molecule has 2 aromatic rings. The third-order valence-electron chi connectivity index (χ3n) is 3.01. The lowest BCUT2D eigenvalue weighted by Crippen LogP contribution is -2.30. The van der Waals surface area contributed by atoms with Gasteiger partial charge in [0.1, 0.15) is 17.9 Å². The molecule has 0 spiro atoms. The first kappa shape index (κ1) is 13.4. The highest BCUT2D eigenvalue weighted by atomic mass is 16.1. The predicted molar refractivity (Wildman–Crippen MR) is 76.7 cm³/mol. The SMILES string of the molecule is Cc1nc2c(N)cccc2n1CC(=O)NCC(C)C. The highest BCUT2D eigenvalue weighted by molar-refractivity contribution is 5.88. The van der Waals surface area contributed by atoms with Crippen molar-refractivity contribution < 1.29 is 4.79 Å². The average Bonchev–Trinajstić information content (AvgIpc) is 2.66. The van der Waals surface area contributed by atoms with Gasteiger partial charge in [-0.05, 0) is 25.0 Å². The fraction of sp³-hybridized carbons (Fsp3) is 0.429. The fourth-order valence-corrected chi connectivity index (χ4v) is 2.00. The van der Waals surface area contributed by atoms with Crippen molar-refractivity contribution in [2.45, 2.75) is 27.3 Å². The van der Waals surface area contributed by atoms with Crippen molar-refractivity contribution in [3.8, 4) is 0 Å². The van der Waals surface area contributed by atoms with Crippen molar-refractivity contribution in [3.05, 3.63) is 24.0 Å².